The van der Waals surface area contributed by atoms with Crippen LogP contribution in [0.25, 0.3) is 5.69 Å². The summed E-state index contributed by atoms with van der Waals surface area (Å²) in [4.78, 5) is 6.97. The molecule has 2 aliphatic rings. The quantitative estimate of drug-likeness (QED) is 0.385. The molecule has 0 aliphatic carbocycles. The van der Waals surface area contributed by atoms with E-state index in [0.717, 1.165) is 39.4 Å². The molecule has 2 aromatic heterocycles. The van der Waals surface area contributed by atoms with Gasteiger partial charge in [0.2, 0.25) is 6.79 Å². The highest BCUT2D eigenvalue weighted by atomic mass is 32.1. The van der Waals surface area contributed by atoms with Gasteiger partial charge in [0.15, 0.2) is 16.6 Å². The summed E-state index contributed by atoms with van der Waals surface area (Å²) < 4.78 is 13.4. The van der Waals surface area contributed by atoms with Crippen LogP contribution < -0.4 is 14.8 Å². The number of nitrogens with zero attached hydrogens (tertiary/aromatic N) is 3. The molecular formula is C28H26N4O2S. The molecule has 176 valence electrons. The van der Waals surface area contributed by atoms with Crippen LogP contribution in [0.15, 0.2) is 79.0 Å². The van der Waals surface area contributed by atoms with Crippen LogP contribution in [0.5, 0.6) is 11.5 Å². The minimum absolute atomic E-state index is 0.00781. The zero-order chi connectivity index (χ0) is 23.9. The topological polar surface area (TPSA) is 51.6 Å². The molecule has 0 amide bonds. The molecule has 0 bridgehead atoms. The van der Waals surface area contributed by atoms with E-state index in [0.29, 0.717) is 6.54 Å². The molecule has 2 atom stereocenters. The highest BCUT2D eigenvalue weighted by molar-refractivity contribution is 7.80. The van der Waals surface area contributed by atoms with Gasteiger partial charge in [0.1, 0.15) is 0 Å². The van der Waals surface area contributed by atoms with Gasteiger partial charge in [-0.15, -0.1) is 0 Å². The molecule has 4 heterocycles. The Kier molecular flexibility index (Phi) is 5.41. The molecule has 7 heteroatoms. The van der Waals surface area contributed by atoms with Gasteiger partial charge in [-0.3, -0.25) is 4.98 Å². The summed E-state index contributed by atoms with van der Waals surface area (Å²) >= 11 is 5.87. The number of hydrogen-bond acceptors (Lipinski definition) is 4. The number of fused-ring (bicyclic) bond motifs is 1. The molecule has 1 fully saturated rings. The lowest BCUT2D eigenvalue weighted by atomic mass is 9.96. The highest BCUT2D eigenvalue weighted by Crippen LogP contribution is 2.43. The first kappa shape index (κ1) is 21.7. The smallest absolute Gasteiger partial charge is 0.231 e. The van der Waals surface area contributed by atoms with Gasteiger partial charge in [0.25, 0.3) is 0 Å². The van der Waals surface area contributed by atoms with Crippen LogP contribution in [0.2, 0.25) is 0 Å². The third kappa shape index (κ3) is 3.82. The van der Waals surface area contributed by atoms with E-state index in [1.807, 2.05) is 36.5 Å². The molecular weight excluding hydrogens is 456 g/mol. The van der Waals surface area contributed by atoms with E-state index in [4.69, 9.17) is 21.7 Å². The SMILES string of the molecule is Cc1cc([C@@H]2[C@H](c3ccccn3)NC(=S)N2Cc2ccccc2)c(C)n1-c1ccc2c(c1)OCO2. The van der Waals surface area contributed by atoms with Crippen molar-refractivity contribution in [2.24, 2.45) is 0 Å². The predicted octanol–water partition coefficient (Wildman–Crippen LogP) is 5.39. The Morgan fingerprint density at radius 1 is 0.971 bits per heavy atom. The van der Waals surface area contributed by atoms with E-state index >= 15 is 0 Å². The van der Waals surface area contributed by atoms with E-state index in [1.165, 1.54) is 11.1 Å². The number of aryl methyl sites for hydroxylation is 1. The Balaban J connectivity index is 1.45. The van der Waals surface area contributed by atoms with Crippen molar-refractivity contribution in [2.45, 2.75) is 32.5 Å². The first-order chi connectivity index (χ1) is 17.1. The minimum Gasteiger partial charge on any atom is -0.454 e. The minimum atomic E-state index is -0.0573. The molecule has 0 radical (unpaired) electrons. The Bertz CT molecular complexity index is 1390. The summed E-state index contributed by atoms with van der Waals surface area (Å²) in [6.45, 7) is 5.29. The normalized spacial score (nSPS) is 18.7. The number of aromatic nitrogens is 2. The van der Waals surface area contributed by atoms with Gasteiger partial charge in [-0.05, 0) is 67.5 Å². The van der Waals surface area contributed by atoms with Crippen molar-refractivity contribution < 1.29 is 9.47 Å². The molecule has 1 N–H and O–H groups in total. The van der Waals surface area contributed by atoms with Crippen LogP contribution in [0.1, 0.15) is 40.3 Å². The number of benzene rings is 2. The van der Waals surface area contributed by atoms with Gasteiger partial charge in [-0.1, -0.05) is 36.4 Å². The van der Waals surface area contributed by atoms with Gasteiger partial charge in [-0.2, -0.15) is 0 Å². The van der Waals surface area contributed by atoms with Crippen molar-refractivity contribution in [3.05, 3.63) is 107 Å². The molecule has 1 saturated heterocycles. The second-order valence-electron chi connectivity index (χ2n) is 8.94. The summed E-state index contributed by atoms with van der Waals surface area (Å²) in [6.07, 6.45) is 1.84. The molecule has 35 heavy (non-hydrogen) atoms. The fraction of sp³-hybridized carbons (Fsp3) is 0.214. The number of thiocarbonyl (C=S) groups is 1. The third-order valence-electron chi connectivity index (χ3n) is 6.80. The molecule has 6 rings (SSSR count). The standard InChI is InChI=1S/C28H26N4O2S/c1-18-14-22(19(2)32(18)21-11-12-24-25(15-21)34-17-33-24)27-26(23-10-6-7-13-29-23)30-28(35)31(27)16-20-8-4-3-5-9-20/h3-15,26-27H,16-17H2,1-2H3,(H,30,35)/t26-,27+/m0/s1. The monoisotopic (exact) mass is 482 g/mol. The molecule has 0 spiro atoms. The molecule has 0 saturated carbocycles. The van der Waals surface area contributed by atoms with E-state index in [9.17, 15) is 0 Å². The number of ether oxygens (including phenoxy) is 2. The van der Waals surface area contributed by atoms with Gasteiger partial charge >= 0.3 is 0 Å². The predicted molar refractivity (Wildman–Crippen MR) is 139 cm³/mol. The summed E-state index contributed by atoms with van der Waals surface area (Å²) in [7, 11) is 0. The molecule has 2 aliphatic heterocycles. The van der Waals surface area contributed by atoms with Crippen LogP contribution in [-0.2, 0) is 6.54 Å². The summed E-state index contributed by atoms with van der Waals surface area (Å²) in [5.74, 6) is 1.56. The van der Waals surface area contributed by atoms with Gasteiger partial charge in [-0.25, -0.2) is 0 Å². The number of rotatable bonds is 5. The Hall–Kier alpha value is -3.84. The maximum absolute atomic E-state index is 5.87. The fourth-order valence-electron chi connectivity index (χ4n) is 5.20. The van der Waals surface area contributed by atoms with Gasteiger partial charge in [0.05, 0.1) is 17.8 Å². The lowest BCUT2D eigenvalue weighted by Gasteiger charge is -2.28. The largest absolute Gasteiger partial charge is 0.454 e. The summed E-state index contributed by atoms with van der Waals surface area (Å²) in [5.41, 5.74) is 6.77. The second kappa shape index (κ2) is 8.74. The zero-order valence-electron chi connectivity index (χ0n) is 19.6. The van der Waals surface area contributed by atoms with Crippen LogP contribution in [0, 0.1) is 13.8 Å². The van der Waals surface area contributed by atoms with Crippen molar-refractivity contribution >= 4 is 17.3 Å². The first-order valence-corrected chi connectivity index (χ1v) is 12.1. The Morgan fingerprint density at radius 3 is 2.57 bits per heavy atom. The Morgan fingerprint density at radius 2 is 1.77 bits per heavy atom. The maximum Gasteiger partial charge on any atom is 0.231 e. The van der Waals surface area contributed by atoms with Crippen LogP contribution in [0.4, 0.5) is 0 Å². The lowest BCUT2D eigenvalue weighted by Crippen LogP contribution is -2.29. The highest BCUT2D eigenvalue weighted by Gasteiger charge is 2.41. The average Bonchev–Trinajstić information content (AvgIpc) is 3.56. The van der Waals surface area contributed by atoms with Crippen LogP contribution >= 0.6 is 12.2 Å². The number of nitrogens with one attached hydrogen (secondary N) is 1. The van der Waals surface area contributed by atoms with E-state index in [-0.39, 0.29) is 18.9 Å². The second-order valence-corrected chi connectivity index (χ2v) is 9.33. The zero-order valence-corrected chi connectivity index (χ0v) is 20.5. The van der Waals surface area contributed by atoms with Crippen molar-refractivity contribution in [1.29, 1.82) is 0 Å². The summed E-state index contributed by atoms with van der Waals surface area (Å²) in [5, 5.41) is 4.31. The average molecular weight is 483 g/mol. The van der Waals surface area contributed by atoms with Crippen molar-refractivity contribution in [3.8, 4) is 17.2 Å². The number of pyridine rings is 1. The maximum atomic E-state index is 5.87. The van der Waals surface area contributed by atoms with Gasteiger partial charge in [0, 0.05) is 35.9 Å². The Labute approximate surface area is 210 Å². The van der Waals surface area contributed by atoms with Crippen molar-refractivity contribution in [3.63, 3.8) is 0 Å². The molecule has 6 nitrogen and oxygen atoms in total. The van der Waals surface area contributed by atoms with Crippen molar-refractivity contribution in [2.75, 3.05) is 6.79 Å². The van der Waals surface area contributed by atoms with E-state index in [2.05, 4.69) is 76.1 Å². The van der Waals surface area contributed by atoms with Gasteiger partial charge < -0.3 is 24.3 Å². The van der Waals surface area contributed by atoms with Crippen LogP contribution in [-0.4, -0.2) is 26.4 Å². The van der Waals surface area contributed by atoms with Crippen LogP contribution in [0.3, 0.4) is 0 Å². The first-order valence-electron chi connectivity index (χ1n) is 11.7. The molecule has 2 aromatic carbocycles. The third-order valence-corrected chi connectivity index (χ3v) is 7.15. The molecule has 4 aromatic rings. The lowest BCUT2D eigenvalue weighted by molar-refractivity contribution is 0.174. The number of hydrogen-bond donors (Lipinski definition) is 1. The fourth-order valence-corrected chi connectivity index (χ4v) is 5.51. The van der Waals surface area contributed by atoms with E-state index < -0.39 is 0 Å². The van der Waals surface area contributed by atoms with E-state index in [1.54, 1.807) is 0 Å². The molecule has 0 unspecified atom stereocenters. The van der Waals surface area contributed by atoms with Crippen molar-refractivity contribution in [1.82, 2.24) is 19.8 Å². The summed E-state index contributed by atoms with van der Waals surface area (Å²) in [6, 6.07) is 24.8.